The van der Waals surface area contributed by atoms with Gasteiger partial charge in [0.15, 0.2) is 0 Å². The molecule has 0 aliphatic heterocycles. The van der Waals surface area contributed by atoms with Gasteiger partial charge >= 0.3 is 12.0 Å². The van der Waals surface area contributed by atoms with Gasteiger partial charge in [-0.3, -0.25) is 4.79 Å². The minimum absolute atomic E-state index is 0.292. The SMILES string of the molecule is COC(C)(C)CCNC(=O)NCC(=O)O. The molecule has 0 atom stereocenters. The molecule has 3 N–H and O–H groups in total. The standard InChI is InChI=1S/C9H18N2O4/c1-9(2,15-3)4-5-10-8(14)11-6-7(12)13/h4-6H2,1-3H3,(H,12,13)(H2,10,11,14). The van der Waals surface area contributed by atoms with E-state index < -0.39 is 12.0 Å². The highest BCUT2D eigenvalue weighted by molar-refractivity contribution is 5.79. The van der Waals surface area contributed by atoms with Crippen molar-refractivity contribution in [2.45, 2.75) is 25.9 Å². The Morgan fingerprint density at radius 1 is 1.33 bits per heavy atom. The zero-order valence-corrected chi connectivity index (χ0v) is 9.29. The number of nitrogens with one attached hydrogen (secondary N) is 2. The number of methoxy groups -OCH3 is 1. The van der Waals surface area contributed by atoms with Gasteiger partial charge in [-0.1, -0.05) is 0 Å². The number of amides is 2. The Hall–Kier alpha value is -1.30. The van der Waals surface area contributed by atoms with E-state index in [0.717, 1.165) is 0 Å². The van der Waals surface area contributed by atoms with E-state index in [1.54, 1.807) is 7.11 Å². The van der Waals surface area contributed by atoms with Crippen molar-refractivity contribution in [1.82, 2.24) is 10.6 Å². The highest BCUT2D eigenvalue weighted by Crippen LogP contribution is 2.10. The van der Waals surface area contributed by atoms with Gasteiger partial charge in [0.1, 0.15) is 6.54 Å². The van der Waals surface area contributed by atoms with Crippen LogP contribution >= 0.6 is 0 Å². The van der Waals surface area contributed by atoms with Crippen LogP contribution in [0.1, 0.15) is 20.3 Å². The molecule has 0 aromatic carbocycles. The third-order valence-electron chi connectivity index (χ3n) is 1.97. The number of ether oxygens (including phenoxy) is 1. The van der Waals surface area contributed by atoms with Gasteiger partial charge in [0, 0.05) is 13.7 Å². The van der Waals surface area contributed by atoms with E-state index in [9.17, 15) is 9.59 Å². The Labute approximate surface area is 89.0 Å². The van der Waals surface area contributed by atoms with Crippen LogP contribution in [0.3, 0.4) is 0 Å². The van der Waals surface area contributed by atoms with Crippen LogP contribution in [0.15, 0.2) is 0 Å². The van der Waals surface area contributed by atoms with Crippen LogP contribution in [0.5, 0.6) is 0 Å². The Kier molecular flexibility index (Phi) is 5.69. The quantitative estimate of drug-likeness (QED) is 0.593. The monoisotopic (exact) mass is 218 g/mol. The zero-order chi connectivity index (χ0) is 11.9. The summed E-state index contributed by atoms with van der Waals surface area (Å²) >= 11 is 0. The van der Waals surface area contributed by atoms with Crippen LogP contribution in [0.2, 0.25) is 0 Å². The Morgan fingerprint density at radius 2 is 1.93 bits per heavy atom. The summed E-state index contributed by atoms with van der Waals surface area (Å²) in [4.78, 5) is 21.1. The summed E-state index contributed by atoms with van der Waals surface area (Å²) in [5, 5.41) is 13.0. The predicted octanol–water partition coefficient (Wildman–Crippen LogP) is 0.185. The number of carbonyl (C=O) groups excluding carboxylic acids is 1. The lowest BCUT2D eigenvalue weighted by Crippen LogP contribution is -2.40. The number of rotatable bonds is 6. The zero-order valence-electron chi connectivity index (χ0n) is 9.29. The fourth-order valence-corrected chi connectivity index (χ4v) is 0.798. The van der Waals surface area contributed by atoms with Crippen molar-refractivity contribution in [2.24, 2.45) is 0 Å². The minimum Gasteiger partial charge on any atom is -0.480 e. The summed E-state index contributed by atoms with van der Waals surface area (Å²) in [6.45, 7) is 3.87. The van der Waals surface area contributed by atoms with Gasteiger partial charge in [0.25, 0.3) is 0 Å². The smallest absolute Gasteiger partial charge is 0.323 e. The molecule has 0 aliphatic carbocycles. The highest BCUT2D eigenvalue weighted by Gasteiger charge is 2.15. The maximum absolute atomic E-state index is 11.0. The Balaban J connectivity index is 3.59. The maximum atomic E-state index is 11.0. The molecule has 0 bridgehead atoms. The topological polar surface area (TPSA) is 87.7 Å². The van der Waals surface area contributed by atoms with E-state index in [0.29, 0.717) is 13.0 Å². The molecule has 88 valence electrons. The van der Waals surface area contributed by atoms with E-state index in [4.69, 9.17) is 9.84 Å². The molecule has 0 saturated carbocycles. The maximum Gasteiger partial charge on any atom is 0.323 e. The van der Waals surface area contributed by atoms with Crippen LogP contribution in [0.4, 0.5) is 4.79 Å². The fourth-order valence-electron chi connectivity index (χ4n) is 0.798. The van der Waals surface area contributed by atoms with Gasteiger partial charge in [0.2, 0.25) is 0 Å². The van der Waals surface area contributed by atoms with Crippen molar-refractivity contribution in [3.05, 3.63) is 0 Å². The molecule has 0 unspecified atom stereocenters. The molecule has 6 nitrogen and oxygen atoms in total. The lowest BCUT2D eigenvalue weighted by Gasteiger charge is -2.22. The van der Waals surface area contributed by atoms with Crippen molar-refractivity contribution in [2.75, 3.05) is 20.2 Å². The van der Waals surface area contributed by atoms with Crippen molar-refractivity contribution in [1.29, 1.82) is 0 Å². The molecule has 0 saturated heterocycles. The molecule has 6 heteroatoms. The second kappa shape index (κ2) is 6.23. The van der Waals surface area contributed by atoms with Crippen LogP contribution in [-0.4, -0.2) is 42.9 Å². The number of carboxylic acid groups (broad SMARTS) is 1. The van der Waals surface area contributed by atoms with Crippen LogP contribution in [-0.2, 0) is 9.53 Å². The summed E-state index contributed by atoms with van der Waals surface area (Å²) in [5.74, 6) is -1.07. The number of urea groups is 1. The van der Waals surface area contributed by atoms with Crippen molar-refractivity contribution >= 4 is 12.0 Å². The second-order valence-electron chi connectivity index (χ2n) is 3.72. The van der Waals surface area contributed by atoms with Crippen LogP contribution < -0.4 is 10.6 Å². The molecular weight excluding hydrogens is 200 g/mol. The average molecular weight is 218 g/mol. The molecule has 15 heavy (non-hydrogen) atoms. The van der Waals surface area contributed by atoms with Gasteiger partial charge in [0.05, 0.1) is 5.60 Å². The van der Waals surface area contributed by atoms with Crippen molar-refractivity contribution < 1.29 is 19.4 Å². The molecule has 0 spiro atoms. The number of hydrogen-bond acceptors (Lipinski definition) is 3. The van der Waals surface area contributed by atoms with Gasteiger partial charge in [-0.25, -0.2) is 4.79 Å². The van der Waals surface area contributed by atoms with Crippen LogP contribution in [0.25, 0.3) is 0 Å². The summed E-state index contributed by atoms with van der Waals surface area (Å²) in [5.41, 5.74) is -0.292. The van der Waals surface area contributed by atoms with E-state index in [2.05, 4.69) is 10.6 Å². The van der Waals surface area contributed by atoms with Gasteiger partial charge in [-0.2, -0.15) is 0 Å². The first-order chi connectivity index (χ1) is 6.87. The Morgan fingerprint density at radius 3 is 2.40 bits per heavy atom. The first-order valence-electron chi connectivity index (χ1n) is 4.66. The molecule has 0 aromatic rings. The van der Waals surface area contributed by atoms with E-state index in [1.165, 1.54) is 0 Å². The van der Waals surface area contributed by atoms with E-state index in [-0.39, 0.29) is 12.1 Å². The third kappa shape index (κ3) is 7.75. The van der Waals surface area contributed by atoms with Gasteiger partial charge in [-0.15, -0.1) is 0 Å². The number of carboxylic acids is 1. The fraction of sp³-hybridized carbons (Fsp3) is 0.778. The van der Waals surface area contributed by atoms with E-state index >= 15 is 0 Å². The van der Waals surface area contributed by atoms with Crippen molar-refractivity contribution in [3.63, 3.8) is 0 Å². The van der Waals surface area contributed by atoms with Crippen molar-refractivity contribution in [3.8, 4) is 0 Å². The average Bonchev–Trinajstić information content (AvgIpc) is 2.14. The molecule has 0 fully saturated rings. The second-order valence-corrected chi connectivity index (χ2v) is 3.72. The highest BCUT2D eigenvalue weighted by atomic mass is 16.5. The van der Waals surface area contributed by atoms with Gasteiger partial charge in [-0.05, 0) is 20.3 Å². The molecule has 0 aromatic heterocycles. The van der Waals surface area contributed by atoms with E-state index in [1.807, 2.05) is 13.8 Å². The molecule has 0 aliphatic rings. The molecule has 0 heterocycles. The minimum atomic E-state index is -1.07. The number of hydrogen-bond donors (Lipinski definition) is 3. The molecule has 0 radical (unpaired) electrons. The summed E-state index contributed by atoms with van der Waals surface area (Å²) in [7, 11) is 1.60. The predicted molar refractivity (Wildman–Crippen MR) is 54.7 cm³/mol. The molecular formula is C9H18N2O4. The van der Waals surface area contributed by atoms with Crippen LogP contribution in [0, 0.1) is 0 Å². The third-order valence-corrected chi connectivity index (χ3v) is 1.97. The lowest BCUT2D eigenvalue weighted by atomic mass is 10.1. The molecule has 2 amide bonds. The Bertz CT molecular complexity index is 228. The molecule has 0 rings (SSSR count). The number of aliphatic carboxylic acids is 1. The summed E-state index contributed by atoms with van der Waals surface area (Å²) < 4.78 is 5.15. The number of carbonyl (C=O) groups is 2. The first kappa shape index (κ1) is 13.7. The van der Waals surface area contributed by atoms with Gasteiger partial charge < -0.3 is 20.5 Å². The summed E-state index contributed by atoms with van der Waals surface area (Å²) in [6.07, 6.45) is 0.657. The first-order valence-corrected chi connectivity index (χ1v) is 4.66. The summed E-state index contributed by atoms with van der Waals surface area (Å²) in [6, 6.07) is -0.482. The largest absolute Gasteiger partial charge is 0.480 e. The lowest BCUT2D eigenvalue weighted by molar-refractivity contribution is -0.135. The normalized spacial score (nSPS) is 10.9.